The van der Waals surface area contributed by atoms with E-state index in [1.807, 2.05) is 60.8 Å². The molecular weight excluding hydrogens is 350 g/mol. The highest BCUT2D eigenvalue weighted by Crippen LogP contribution is 2.27. The van der Waals surface area contributed by atoms with Gasteiger partial charge in [0.1, 0.15) is 11.8 Å². The first-order valence-corrected chi connectivity index (χ1v) is 8.83. The Morgan fingerprint density at radius 2 is 1.96 bits per heavy atom. The average molecular weight is 373 g/mol. The Bertz CT molecular complexity index is 771. The zero-order valence-corrected chi connectivity index (χ0v) is 15.7. The van der Waals surface area contributed by atoms with Crippen LogP contribution >= 0.6 is 11.6 Å². The average Bonchev–Trinajstić information content (AvgIpc) is 2.67. The van der Waals surface area contributed by atoms with E-state index in [1.165, 1.54) is 0 Å². The number of quaternary nitrogens is 1. The molecular formula is C20H23ClN3O2+. The third-order valence-corrected chi connectivity index (χ3v) is 4.42. The van der Waals surface area contributed by atoms with E-state index in [-0.39, 0.29) is 24.9 Å². The number of nitrogens with two attached hydrogens (primary N) is 1. The van der Waals surface area contributed by atoms with Gasteiger partial charge in [-0.05, 0) is 31.2 Å². The lowest BCUT2D eigenvalue weighted by molar-refractivity contribution is -0.682. The Hall–Kier alpha value is -2.55. The maximum Gasteiger partial charge on any atom is 0.282 e. The predicted molar refractivity (Wildman–Crippen MR) is 102 cm³/mol. The van der Waals surface area contributed by atoms with Gasteiger partial charge in [0.15, 0.2) is 6.54 Å². The van der Waals surface area contributed by atoms with Crippen molar-refractivity contribution in [1.82, 2.24) is 0 Å². The highest BCUT2D eigenvalue weighted by Gasteiger charge is 2.21. The first kappa shape index (κ1) is 19.8. The van der Waals surface area contributed by atoms with E-state index in [2.05, 4.69) is 6.07 Å². The molecule has 136 valence electrons. The minimum absolute atomic E-state index is 0.0643. The lowest BCUT2D eigenvalue weighted by Gasteiger charge is -2.23. The summed E-state index contributed by atoms with van der Waals surface area (Å²) >= 11 is 5.92. The van der Waals surface area contributed by atoms with Gasteiger partial charge in [-0.25, -0.2) is 0 Å². The zero-order chi connectivity index (χ0) is 18.9. The van der Waals surface area contributed by atoms with Crippen LogP contribution in [0.3, 0.4) is 0 Å². The number of benzene rings is 2. The Morgan fingerprint density at radius 1 is 1.27 bits per heavy atom. The summed E-state index contributed by atoms with van der Waals surface area (Å²) in [6.07, 6.45) is 0.260. The standard InChI is InChI=1S/C20H22ClN3O2/c1-15(16-8-10-17(21)11-9-16)23-14-20(25)24(13-5-12-22)18-6-3-4-7-19(18)26-2/h3-4,6-11,15,23H,5,13-14H2,1-2H3/p+1/t15-/m1/s1. The van der Waals surface area contributed by atoms with Crippen LogP contribution in [0.15, 0.2) is 48.5 Å². The molecule has 26 heavy (non-hydrogen) atoms. The van der Waals surface area contributed by atoms with Gasteiger partial charge >= 0.3 is 0 Å². The minimum Gasteiger partial charge on any atom is -0.495 e. The Morgan fingerprint density at radius 3 is 2.62 bits per heavy atom. The summed E-state index contributed by atoms with van der Waals surface area (Å²) in [6.45, 7) is 2.64. The number of para-hydroxylation sites is 2. The van der Waals surface area contributed by atoms with Crippen LogP contribution in [0.1, 0.15) is 24.9 Å². The molecule has 0 saturated carbocycles. The summed E-state index contributed by atoms with van der Waals surface area (Å²) < 4.78 is 5.36. The lowest BCUT2D eigenvalue weighted by atomic mass is 10.1. The van der Waals surface area contributed by atoms with Crippen LogP contribution in [0.4, 0.5) is 5.69 Å². The summed E-state index contributed by atoms with van der Waals surface area (Å²) in [4.78, 5) is 14.4. The smallest absolute Gasteiger partial charge is 0.282 e. The van der Waals surface area contributed by atoms with Crippen LogP contribution in [0.5, 0.6) is 5.75 Å². The molecule has 1 atom stereocenters. The largest absolute Gasteiger partial charge is 0.495 e. The van der Waals surface area contributed by atoms with Gasteiger partial charge in [-0.1, -0.05) is 35.9 Å². The molecule has 0 aromatic heterocycles. The highest BCUT2D eigenvalue weighted by molar-refractivity contribution is 6.30. The molecule has 2 N–H and O–H groups in total. The maximum atomic E-state index is 12.8. The molecule has 1 amide bonds. The van der Waals surface area contributed by atoms with Gasteiger partial charge in [0.05, 0.1) is 25.3 Å². The molecule has 0 unspecified atom stereocenters. The summed E-state index contributed by atoms with van der Waals surface area (Å²) in [5.41, 5.74) is 1.78. The van der Waals surface area contributed by atoms with E-state index < -0.39 is 0 Å². The zero-order valence-electron chi connectivity index (χ0n) is 15.0. The first-order valence-electron chi connectivity index (χ1n) is 8.46. The summed E-state index contributed by atoms with van der Waals surface area (Å²) in [5, 5.41) is 11.6. The molecule has 0 aliphatic carbocycles. The monoisotopic (exact) mass is 372 g/mol. The molecule has 0 radical (unpaired) electrons. The number of nitriles is 1. The van der Waals surface area contributed by atoms with E-state index in [1.54, 1.807) is 12.0 Å². The van der Waals surface area contributed by atoms with Crippen LogP contribution in [-0.4, -0.2) is 26.1 Å². The van der Waals surface area contributed by atoms with Crippen molar-refractivity contribution in [2.45, 2.75) is 19.4 Å². The maximum absolute atomic E-state index is 12.8. The first-order chi connectivity index (χ1) is 12.6. The van der Waals surface area contributed by atoms with Gasteiger partial charge < -0.3 is 15.0 Å². The van der Waals surface area contributed by atoms with E-state index in [9.17, 15) is 4.79 Å². The van der Waals surface area contributed by atoms with Crippen molar-refractivity contribution >= 4 is 23.2 Å². The summed E-state index contributed by atoms with van der Waals surface area (Å²) in [5.74, 6) is 0.551. The number of amides is 1. The molecule has 0 spiro atoms. The van der Waals surface area contributed by atoms with E-state index >= 15 is 0 Å². The quantitative estimate of drug-likeness (QED) is 0.774. The van der Waals surface area contributed by atoms with Crippen LogP contribution in [0.25, 0.3) is 0 Å². The molecule has 2 aromatic carbocycles. The number of carbonyl (C=O) groups is 1. The molecule has 5 nitrogen and oxygen atoms in total. The lowest BCUT2D eigenvalue weighted by Crippen LogP contribution is -2.87. The Labute approximate surface area is 159 Å². The molecule has 0 saturated heterocycles. The predicted octanol–water partition coefficient (Wildman–Crippen LogP) is 2.92. The highest BCUT2D eigenvalue weighted by atomic mass is 35.5. The van der Waals surface area contributed by atoms with Crippen LogP contribution < -0.4 is 15.0 Å². The van der Waals surface area contributed by atoms with Gasteiger partial charge in [0.2, 0.25) is 0 Å². The van der Waals surface area contributed by atoms with E-state index in [4.69, 9.17) is 21.6 Å². The van der Waals surface area contributed by atoms with E-state index in [0.717, 1.165) is 5.56 Å². The molecule has 6 heteroatoms. The van der Waals surface area contributed by atoms with Gasteiger partial charge in [0, 0.05) is 17.1 Å². The number of hydrogen-bond acceptors (Lipinski definition) is 3. The topological polar surface area (TPSA) is 69.9 Å². The summed E-state index contributed by atoms with van der Waals surface area (Å²) in [6, 6.07) is 17.2. The van der Waals surface area contributed by atoms with Gasteiger partial charge in [-0.15, -0.1) is 0 Å². The van der Waals surface area contributed by atoms with Crippen molar-refractivity contribution in [2.24, 2.45) is 0 Å². The third kappa shape index (κ3) is 5.22. The SMILES string of the molecule is COc1ccccc1N(CCC#N)C(=O)C[NH2+][C@H](C)c1ccc(Cl)cc1. The molecule has 2 aromatic rings. The fourth-order valence-corrected chi connectivity index (χ4v) is 2.81. The van der Waals surface area contributed by atoms with Crippen molar-refractivity contribution in [3.05, 3.63) is 59.1 Å². The van der Waals surface area contributed by atoms with Gasteiger partial charge in [0.25, 0.3) is 5.91 Å². The number of methoxy groups -OCH3 is 1. The Kier molecular flexibility index (Phi) is 7.46. The second kappa shape index (κ2) is 9.81. The molecule has 0 aliphatic heterocycles. The van der Waals surface area contributed by atoms with Crippen LogP contribution in [0.2, 0.25) is 5.02 Å². The van der Waals surface area contributed by atoms with Crippen molar-refractivity contribution in [1.29, 1.82) is 5.26 Å². The number of halogens is 1. The fraction of sp³-hybridized carbons (Fsp3) is 0.300. The number of carbonyl (C=O) groups excluding carboxylic acids is 1. The van der Waals surface area contributed by atoms with Crippen molar-refractivity contribution in [2.75, 3.05) is 25.1 Å². The normalized spacial score (nSPS) is 11.5. The third-order valence-electron chi connectivity index (χ3n) is 4.17. The molecule has 0 heterocycles. The van der Waals surface area contributed by atoms with E-state index in [0.29, 0.717) is 23.0 Å². The number of anilines is 1. The summed E-state index contributed by atoms with van der Waals surface area (Å²) in [7, 11) is 1.57. The van der Waals surface area contributed by atoms with Crippen molar-refractivity contribution in [3.8, 4) is 11.8 Å². The number of rotatable bonds is 8. The fourth-order valence-electron chi connectivity index (χ4n) is 2.68. The van der Waals surface area contributed by atoms with Crippen LogP contribution in [0, 0.1) is 11.3 Å². The molecule has 2 rings (SSSR count). The van der Waals surface area contributed by atoms with Crippen molar-refractivity contribution in [3.63, 3.8) is 0 Å². The number of nitrogens with zero attached hydrogens (tertiary/aromatic N) is 2. The van der Waals surface area contributed by atoms with Crippen LogP contribution in [-0.2, 0) is 4.79 Å². The molecule has 0 fully saturated rings. The number of ether oxygens (including phenoxy) is 1. The van der Waals surface area contributed by atoms with Gasteiger partial charge in [-0.2, -0.15) is 5.26 Å². The Balaban J connectivity index is 2.09. The minimum atomic E-state index is -0.0643. The second-order valence-corrected chi connectivity index (χ2v) is 6.34. The van der Waals surface area contributed by atoms with Crippen molar-refractivity contribution < 1.29 is 14.8 Å². The molecule has 0 bridgehead atoms. The van der Waals surface area contributed by atoms with Gasteiger partial charge in [-0.3, -0.25) is 4.79 Å². The molecule has 0 aliphatic rings. The second-order valence-electron chi connectivity index (χ2n) is 5.91. The number of hydrogen-bond donors (Lipinski definition) is 1.